The zero-order valence-corrected chi connectivity index (χ0v) is 12.9. The number of hydrogen-bond donors (Lipinski definition) is 1. The Bertz CT molecular complexity index is 773. The minimum atomic E-state index is -0.575. The van der Waals surface area contributed by atoms with Crippen LogP contribution in [-0.4, -0.2) is 13.2 Å². The molecule has 0 saturated carbocycles. The Morgan fingerprint density at radius 2 is 2.05 bits per heavy atom. The molecule has 1 aliphatic heterocycles. The number of anilines is 2. The molecule has 0 fully saturated rings. The molecule has 0 radical (unpaired) electrons. The van der Waals surface area contributed by atoms with Crippen LogP contribution in [0.5, 0.6) is 5.75 Å². The number of nitrogen functional groups attached to an aromatic ring is 1. The Kier molecular flexibility index (Phi) is 3.64. The van der Waals surface area contributed by atoms with Gasteiger partial charge in [-0.2, -0.15) is 0 Å². The number of nitrogens with zero attached hydrogens (tertiary/aromatic N) is 1. The molecule has 2 aromatic carbocycles. The second-order valence-corrected chi connectivity index (χ2v) is 6.23. The minimum Gasteiger partial charge on any atom is -0.491 e. The summed E-state index contributed by atoms with van der Waals surface area (Å²) in [7, 11) is 0. The van der Waals surface area contributed by atoms with Gasteiger partial charge in [0.1, 0.15) is 23.7 Å². The summed E-state index contributed by atoms with van der Waals surface area (Å²) in [6.07, 6.45) is 0.996. The van der Waals surface area contributed by atoms with Crippen LogP contribution in [-0.2, 0) is 13.0 Å². The molecule has 0 spiro atoms. The van der Waals surface area contributed by atoms with Crippen molar-refractivity contribution in [2.24, 2.45) is 5.92 Å². The van der Waals surface area contributed by atoms with Crippen LogP contribution in [0.2, 0.25) is 0 Å². The molecule has 22 heavy (non-hydrogen) atoms. The molecule has 0 saturated heterocycles. The van der Waals surface area contributed by atoms with E-state index in [0.29, 0.717) is 31.3 Å². The van der Waals surface area contributed by atoms with Gasteiger partial charge in [0.15, 0.2) is 0 Å². The van der Waals surface area contributed by atoms with Gasteiger partial charge in [-0.25, -0.2) is 0 Å². The summed E-state index contributed by atoms with van der Waals surface area (Å²) in [6, 6.07) is 6.19. The van der Waals surface area contributed by atoms with Gasteiger partial charge in [-0.1, -0.05) is 26.0 Å². The van der Waals surface area contributed by atoms with Crippen molar-refractivity contribution in [3.8, 4) is 5.75 Å². The standard InChI is InChI=1S/C17H20N2O3/c1-10(2)7-11-3-4-13-12(8-11)9-19(5-6-22-13)15-14(18)16(20)17(15)21/h3-4,8,10H,5-7,9,18H2,1-2H3. The van der Waals surface area contributed by atoms with Gasteiger partial charge in [0, 0.05) is 12.1 Å². The Morgan fingerprint density at radius 1 is 1.27 bits per heavy atom. The Hall–Kier alpha value is -2.30. The highest BCUT2D eigenvalue weighted by Crippen LogP contribution is 2.28. The van der Waals surface area contributed by atoms with Gasteiger partial charge in [0.2, 0.25) is 0 Å². The highest BCUT2D eigenvalue weighted by atomic mass is 16.5. The molecule has 0 unspecified atom stereocenters. The summed E-state index contributed by atoms with van der Waals surface area (Å²) < 4.78 is 5.75. The normalized spacial score (nSPS) is 14.8. The van der Waals surface area contributed by atoms with Crippen molar-refractivity contribution in [3.63, 3.8) is 0 Å². The number of rotatable bonds is 3. The maximum Gasteiger partial charge on any atom is 0.253 e. The lowest BCUT2D eigenvalue weighted by molar-refractivity contribution is 0.331. The van der Waals surface area contributed by atoms with E-state index in [-0.39, 0.29) is 5.69 Å². The minimum absolute atomic E-state index is 0.0757. The van der Waals surface area contributed by atoms with Gasteiger partial charge < -0.3 is 15.4 Å². The average molecular weight is 300 g/mol. The number of fused-ring (bicyclic) bond motifs is 1. The second-order valence-electron chi connectivity index (χ2n) is 6.23. The zero-order chi connectivity index (χ0) is 15.9. The lowest BCUT2D eigenvalue weighted by Gasteiger charge is -2.24. The first-order chi connectivity index (χ1) is 10.5. The van der Waals surface area contributed by atoms with Gasteiger partial charge in [0.25, 0.3) is 10.9 Å². The number of benzene rings is 1. The molecule has 1 heterocycles. The molecule has 3 rings (SSSR count). The van der Waals surface area contributed by atoms with E-state index in [0.717, 1.165) is 17.7 Å². The van der Waals surface area contributed by atoms with Crippen molar-refractivity contribution >= 4 is 11.4 Å². The highest BCUT2D eigenvalue weighted by Gasteiger charge is 2.26. The molecule has 0 atom stereocenters. The first-order valence-corrected chi connectivity index (χ1v) is 7.55. The van der Waals surface area contributed by atoms with Crippen LogP contribution in [0.15, 0.2) is 27.8 Å². The highest BCUT2D eigenvalue weighted by molar-refractivity contribution is 5.73. The molecular formula is C17H20N2O3. The lowest BCUT2D eigenvalue weighted by atomic mass is 10.00. The molecule has 1 aliphatic rings. The van der Waals surface area contributed by atoms with Crippen molar-refractivity contribution in [1.29, 1.82) is 0 Å². The van der Waals surface area contributed by atoms with Gasteiger partial charge >= 0.3 is 0 Å². The third kappa shape index (κ3) is 2.47. The van der Waals surface area contributed by atoms with E-state index in [2.05, 4.69) is 26.0 Å². The smallest absolute Gasteiger partial charge is 0.253 e. The molecule has 0 bridgehead atoms. The van der Waals surface area contributed by atoms with Crippen molar-refractivity contribution in [3.05, 3.63) is 49.8 Å². The van der Waals surface area contributed by atoms with E-state index < -0.39 is 10.9 Å². The molecule has 0 aliphatic carbocycles. The third-order valence-corrected chi connectivity index (χ3v) is 3.99. The molecule has 2 N–H and O–H groups in total. The van der Waals surface area contributed by atoms with Gasteiger partial charge in [-0.15, -0.1) is 0 Å². The number of nitrogens with two attached hydrogens (primary N) is 1. The van der Waals surface area contributed by atoms with E-state index in [1.165, 1.54) is 5.56 Å². The van der Waals surface area contributed by atoms with Crippen LogP contribution in [0.3, 0.4) is 0 Å². The van der Waals surface area contributed by atoms with Gasteiger partial charge in [-0.05, 0) is 24.0 Å². The average Bonchev–Trinajstić information content (AvgIpc) is 2.68. The predicted molar refractivity (Wildman–Crippen MR) is 87.3 cm³/mol. The van der Waals surface area contributed by atoms with Crippen LogP contribution < -0.4 is 26.2 Å². The molecule has 116 valence electrons. The Balaban J connectivity index is 1.91. The third-order valence-electron chi connectivity index (χ3n) is 3.99. The van der Waals surface area contributed by atoms with Crippen molar-refractivity contribution in [1.82, 2.24) is 0 Å². The number of hydrogen-bond acceptors (Lipinski definition) is 5. The Labute approximate surface area is 129 Å². The van der Waals surface area contributed by atoms with Crippen molar-refractivity contribution in [2.75, 3.05) is 23.8 Å². The van der Waals surface area contributed by atoms with Crippen LogP contribution in [0.25, 0.3) is 0 Å². The molecule has 5 nitrogen and oxygen atoms in total. The van der Waals surface area contributed by atoms with Crippen molar-refractivity contribution < 1.29 is 4.74 Å². The first-order valence-electron chi connectivity index (χ1n) is 7.55. The monoisotopic (exact) mass is 300 g/mol. The maximum atomic E-state index is 11.7. The topological polar surface area (TPSA) is 72.6 Å². The summed E-state index contributed by atoms with van der Waals surface area (Å²) in [5.41, 5.74) is 7.32. The van der Waals surface area contributed by atoms with Crippen LogP contribution >= 0.6 is 0 Å². The fourth-order valence-electron chi connectivity index (χ4n) is 2.95. The van der Waals surface area contributed by atoms with E-state index in [1.54, 1.807) is 0 Å². The summed E-state index contributed by atoms with van der Waals surface area (Å²) in [5.74, 6) is 1.41. The number of ether oxygens (including phenoxy) is 1. The zero-order valence-electron chi connectivity index (χ0n) is 12.9. The fraction of sp³-hybridized carbons (Fsp3) is 0.412. The quantitative estimate of drug-likeness (QED) is 0.869. The van der Waals surface area contributed by atoms with E-state index in [9.17, 15) is 9.59 Å². The van der Waals surface area contributed by atoms with E-state index >= 15 is 0 Å². The fourth-order valence-corrected chi connectivity index (χ4v) is 2.95. The predicted octanol–water partition coefficient (Wildman–Crippen LogP) is 1.46. The summed E-state index contributed by atoms with van der Waals surface area (Å²) >= 11 is 0. The van der Waals surface area contributed by atoms with Crippen LogP contribution in [0.4, 0.5) is 11.4 Å². The molecule has 2 aromatic rings. The summed E-state index contributed by atoms with van der Waals surface area (Å²) in [6.45, 7) is 5.91. The first kappa shape index (κ1) is 14.6. The lowest BCUT2D eigenvalue weighted by Crippen LogP contribution is -2.43. The van der Waals surface area contributed by atoms with Gasteiger partial charge in [-0.3, -0.25) is 9.59 Å². The van der Waals surface area contributed by atoms with Crippen LogP contribution in [0, 0.1) is 5.92 Å². The SMILES string of the molecule is CC(C)Cc1ccc2c(c1)CN(c1c(N)c(=O)c1=O)CCO2. The molecule has 0 amide bonds. The van der Waals surface area contributed by atoms with E-state index in [1.807, 2.05) is 11.0 Å². The van der Waals surface area contributed by atoms with Crippen molar-refractivity contribution in [2.45, 2.75) is 26.8 Å². The molecule has 5 heteroatoms. The summed E-state index contributed by atoms with van der Waals surface area (Å²) in [4.78, 5) is 24.9. The Morgan fingerprint density at radius 3 is 2.73 bits per heavy atom. The maximum absolute atomic E-state index is 11.7. The summed E-state index contributed by atoms with van der Waals surface area (Å²) in [5, 5.41) is 0. The molecular weight excluding hydrogens is 280 g/mol. The van der Waals surface area contributed by atoms with E-state index in [4.69, 9.17) is 10.5 Å². The largest absolute Gasteiger partial charge is 0.491 e. The van der Waals surface area contributed by atoms with Crippen LogP contribution in [0.1, 0.15) is 25.0 Å². The second kappa shape index (κ2) is 5.48. The molecule has 0 aromatic heterocycles. The van der Waals surface area contributed by atoms with Gasteiger partial charge in [0.05, 0.1) is 6.54 Å².